The van der Waals surface area contributed by atoms with E-state index >= 15 is 0 Å². The van der Waals surface area contributed by atoms with Crippen molar-refractivity contribution in [2.24, 2.45) is 0 Å². The van der Waals surface area contributed by atoms with E-state index in [1.165, 1.54) is 41.3 Å². The third-order valence-corrected chi connectivity index (χ3v) is 3.63. The van der Waals surface area contributed by atoms with Crippen LogP contribution in [0.5, 0.6) is 0 Å². The van der Waals surface area contributed by atoms with Gasteiger partial charge in [0.1, 0.15) is 6.54 Å². The number of esters is 1. The molecule has 0 unspecified atom stereocenters. The summed E-state index contributed by atoms with van der Waals surface area (Å²) in [6.45, 7) is 0.275. The Labute approximate surface area is 125 Å². The third-order valence-electron chi connectivity index (χ3n) is 2.76. The van der Waals surface area contributed by atoms with Crippen LogP contribution in [0, 0.1) is 0 Å². The van der Waals surface area contributed by atoms with Crippen molar-refractivity contribution >= 4 is 23.2 Å². The van der Waals surface area contributed by atoms with E-state index in [-0.39, 0.29) is 23.6 Å². The normalized spacial score (nSPS) is 10.1. The topological polar surface area (TPSA) is 77.4 Å². The number of nitrogens with zero attached hydrogens (tertiary/aromatic N) is 1. The number of amides is 1. The maximum absolute atomic E-state index is 11.8. The van der Waals surface area contributed by atoms with Crippen LogP contribution in [-0.2, 0) is 22.6 Å². The fourth-order valence-corrected chi connectivity index (χ4v) is 2.35. The zero-order valence-electron chi connectivity index (χ0n) is 11.4. The molecule has 0 atom stereocenters. The standard InChI is InChI=1S/C14H14N2O4S/c1-20-14(19)10-4-5-13(18)16(8-10)9-12(17)15-7-11-3-2-6-21-11/h2-6,8H,7,9H2,1H3,(H,15,17). The number of methoxy groups -OCH3 is 1. The number of aromatic nitrogens is 1. The summed E-state index contributed by atoms with van der Waals surface area (Å²) in [5.74, 6) is -0.852. The van der Waals surface area contributed by atoms with Gasteiger partial charge in [-0.3, -0.25) is 9.59 Å². The van der Waals surface area contributed by atoms with Gasteiger partial charge in [0.05, 0.1) is 19.2 Å². The lowest BCUT2D eigenvalue weighted by molar-refractivity contribution is -0.121. The van der Waals surface area contributed by atoms with Crippen molar-refractivity contribution in [3.8, 4) is 0 Å². The molecule has 1 amide bonds. The predicted octanol–water partition coefficient (Wildman–Crippen LogP) is 1.01. The summed E-state index contributed by atoms with van der Waals surface area (Å²) >= 11 is 1.54. The van der Waals surface area contributed by atoms with Gasteiger partial charge in [-0.1, -0.05) is 6.07 Å². The third kappa shape index (κ3) is 4.03. The summed E-state index contributed by atoms with van der Waals surface area (Å²) in [5, 5.41) is 4.64. The summed E-state index contributed by atoms with van der Waals surface area (Å²) < 4.78 is 5.76. The first-order valence-corrected chi connectivity index (χ1v) is 7.06. The van der Waals surface area contributed by atoms with Crippen LogP contribution in [0.4, 0.5) is 0 Å². The Kier molecular flexibility index (Phi) is 4.89. The summed E-state index contributed by atoms with van der Waals surface area (Å²) in [6.07, 6.45) is 1.32. The van der Waals surface area contributed by atoms with Gasteiger partial charge in [-0.05, 0) is 17.5 Å². The number of carbonyl (C=O) groups is 2. The molecule has 0 spiro atoms. The van der Waals surface area contributed by atoms with Crippen LogP contribution in [-0.4, -0.2) is 23.6 Å². The first-order chi connectivity index (χ1) is 10.1. The van der Waals surface area contributed by atoms with Crippen LogP contribution in [0.15, 0.2) is 40.6 Å². The van der Waals surface area contributed by atoms with Gasteiger partial charge in [0.2, 0.25) is 5.91 Å². The van der Waals surface area contributed by atoms with E-state index in [0.717, 1.165) is 4.88 Å². The number of pyridine rings is 1. The maximum atomic E-state index is 11.8. The van der Waals surface area contributed by atoms with Crippen molar-refractivity contribution in [2.45, 2.75) is 13.1 Å². The van der Waals surface area contributed by atoms with E-state index in [1.54, 1.807) is 0 Å². The highest BCUT2D eigenvalue weighted by Gasteiger charge is 2.10. The first-order valence-electron chi connectivity index (χ1n) is 6.18. The first kappa shape index (κ1) is 15.0. The number of nitrogens with one attached hydrogen (secondary N) is 1. The summed E-state index contributed by atoms with van der Waals surface area (Å²) in [6, 6.07) is 6.42. The quantitative estimate of drug-likeness (QED) is 0.836. The largest absolute Gasteiger partial charge is 0.465 e. The molecule has 1 N–H and O–H groups in total. The fourth-order valence-electron chi connectivity index (χ4n) is 1.70. The summed E-state index contributed by atoms with van der Waals surface area (Å²) in [7, 11) is 1.26. The van der Waals surface area contributed by atoms with E-state index in [9.17, 15) is 14.4 Å². The van der Waals surface area contributed by atoms with E-state index < -0.39 is 5.97 Å². The minimum Gasteiger partial charge on any atom is -0.465 e. The fraction of sp³-hybridized carbons (Fsp3) is 0.214. The van der Waals surface area contributed by atoms with Crippen molar-refractivity contribution in [3.63, 3.8) is 0 Å². The minimum atomic E-state index is -0.553. The molecule has 0 saturated heterocycles. The molecular formula is C14H14N2O4S. The molecular weight excluding hydrogens is 292 g/mol. The molecule has 7 heteroatoms. The molecule has 110 valence electrons. The number of carbonyl (C=O) groups excluding carboxylic acids is 2. The van der Waals surface area contributed by atoms with Crippen LogP contribution in [0.1, 0.15) is 15.2 Å². The van der Waals surface area contributed by atoms with E-state index in [0.29, 0.717) is 6.54 Å². The maximum Gasteiger partial charge on any atom is 0.339 e. The zero-order valence-corrected chi connectivity index (χ0v) is 12.2. The van der Waals surface area contributed by atoms with E-state index in [2.05, 4.69) is 10.1 Å². The number of rotatable bonds is 5. The Bertz CT molecular complexity index is 691. The Morgan fingerprint density at radius 3 is 2.81 bits per heavy atom. The lowest BCUT2D eigenvalue weighted by Crippen LogP contribution is -2.31. The van der Waals surface area contributed by atoms with Crippen molar-refractivity contribution in [2.75, 3.05) is 7.11 Å². The summed E-state index contributed by atoms with van der Waals surface area (Å²) in [5.41, 5.74) is -0.128. The van der Waals surface area contributed by atoms with Crippen molar-refractivity contribution in [1.82, 2.24) is 9.88 Å². The van der Waals surface area contributed by atoms with Crippen LogP contribution >= 0.6 is 11.3 Å². The number of hydrogen-bond acceptors (Lipinski definition) is 5. The van der Waals surface area contributed by atoms with Gasteiger partial charge in [-0.15, -0.1) is 11.3 Å². The number of ether oxygens (including phenoxy) is 1. The molecule has 0 aromatic carbocycles. The monoisotopic (exact) mass is 306 g/mol. The molecule has 2 aromatic heterocycles. The van der Waals surface area contributed by atoms with Crippen LogP contribution in [0.2, 0.25) is 0 Å². The molecule has 0 aliphatic rings. The Morgan fingerprint density at radius 2 is 2.14 bits per heavy atom. The average molecular weight is 306 g/mol. The van der Waals surface area contributed by atoms with Crippen molar-refractivity contribution in [1.29, 1.82) is 0 Å². The molecule has 0 bridgehead atoms. The highest BCUT2D eigenvalue weighted by atomic mass is 32.1. The van der Waals surface area contributed by atoms with Crippen LogP contribution in [0.25, 0.3) is 0 Å². The zero-order chi connectivity index (χ0) is 15.2. The smallest absolute Gasteiger partial charge is 0.339 e. The number of hydrogen-bond donors (Lipinski definition) is 1. The van der Waals surface area contributed by atoms with E-state index in [1.807, 2.05) is 17.5 Å². The SMILES string of the molecule is COC(=O)c1ccc(=O)n(CC(=O)NCc2cccs2)c1. The van der Waals surface area contributed by atoms with Gasteiger partial charge < -0.3 is 14.6 Å². The lowest BCUT2D eigenvalue weighted by Gasteiger charge is -2.08. The average Bonchev–Trinajstić information content (AvgIpc) is 3.00. The molecule has 2 heterocycles. The Hall–Kier alpha value is -2.41. The molecule has 21 heavy (non-hydrogen) atoms. The molecule has 0 fully saturated rings. The van der Waals surface area contributed by atoms with Gasteiger partial charge >= 0.3 is 5.97 Å². The highest BCUT2D eigenvalue weighted by Crippen LogP contribution is 2.07. The Morgan fingerprint density at radius 1 is 1.33 bits per heavy atom. The minimum absolute atomic E-state index is 0.144. The molecule has 0 saturated carbocycles. The van der Waals surface area contributed by atoms with Gasteiger partial charge in [-0.2, -0.15) is 0 Å². The predicted molar refractivity (Wildman–Crippen MR) is 78.2 cm³/mol. The van der Waals surface area contributed by atoms with Gasteiger partial charge in [0.15, 0.2) is 0 Å². The molecule has 0 aliphatic heterocycles. The van der Waals surface area contributed by atoms with Crippen LogP contribution in [0.3, 0.4) is 0 Å². The lowest BCUT2D eigenvalue weighted by atomic mass is 10.3. The summed E-state index contributed by atoms with van der Waals surface area (Å²) in [4.78, 5) is 35.9. The molecule has 0 radical (unpaired) electrons. The second-order valence-electron chi connectivity index (χ2n) is 4.23. The van der Waals surface area contributed by atoms with Crippen molar-refractivity contribution in [3.05, 3.63) is 56.6 Å². The van der Waals surface area contributed by atoms with Crippen LogP contribution < -0.4 is 10.9 Å². The number of thiophene rings is 1. The highest BCUT2D eigenvalue weighted by molar-refractivity contribution is 7.09. The van der Waals surface area contributed by atoms with Gasteiger partial charge in [-0.25, -0.2) is 4.79 Å². The Balaban J connectivity index is 2.02. The second kappa shape index (κ2) is 6.85. The second-order valence-corrected chi connectivity index (χ2v) is 5.26. The van der Waals surface area contributed by atoms with E-state index in [4.69, 9.17) is 0 Å². The van der Waals surface area contributed by atoms with Gasteiger partial charge in [0, 0.05) is 17.1 Å². The molecule has 2 rings (SSSR count). The van der Waals surface area contributed by atoms with Gasteiger partial charge in [0.25, 0.3) is 5.56 Å². The molecule has 6 nitrogen and oxygen atoms in total. The molecule has 2 aromatic rings. The molecule has 0 aliphatic carbocycles. The van der Waals surface area contributed by atoms with Crippen molar-refractivity contribution < 1.29 is 14.3 Å².